The quantitative estimate of drug-likeness (QED) is 0.233. The lowest BCUT2D eigenvalue weighted by molar-refractivity contribution is -0.141. The van der Waals surface area contributed by atoms with E-state index in [9.17, 15) is 18.0 Å². The number of amides is 3. The smallest absolute Gasteiger partial charge is 0.259 e. The van der Waals surface area contributed by atoms with Gasteiger partial charge in [-0.3, -0.25) is 19.1 Å². The zero-order valence-corrected chi connectivity index (χ0v) is 35.0. The summed E-state index contributed by atoms with van der Waals surface area (Å²) in [6.45, 7) is 8.19. The number of nitrogens with zero attached hydrogens (tertiary/aromatic N) is 3. The molecule has 3 aromatic rings. The minimum absolute atomic E-state index is 0.000970. The number of pyridine rings is 1. The number of carbonyl (C=O) groups excluding carboxylic acids is 3. The molecule has 16 heteroatoms. The lowest BCUT2D eigenvalue weighted by Gasteiger charge is -2.35. The number of rotatable bonds is 9. The fourth-order valence-electron chi connectivity index (χ4n) is 8.70. The minimum Gasteiger partial charge on any atom is -0.496 e. The van der Waals surface area contributed by atoms with Crippen molar-refractivity contribution in [2.45, 2.75) is 112 Å². The maximum Gasteiger partial charge on any atom is 0.259 e. The molecule has 6 bridgehead atoms. The molecule has 5 aliphatic rings. The van der Waals surface area contributed by atoms with Crippen molar-refractivity contribution < 1.29 is 37.0 Å². The molecule has 3 amide bonds. The van der Waals surface area contributed by atoms with E-state index in [1.54, 1.807) is 24.2 Å². The molecule has 3 aliphatic carbocycles. The number of aromatic nitrogens is 2. The molecule has 4 fully saturated rings. The van der Waals surface area contributed by atoms with E-state index in [-0.39, 0.29) is 36.6 Å². The number of carbonyl (C=O) groups is 3. The lowest BCUT2D eigenvalue weighted by atomic mass is 9.83. The van der Waals surface area contributed by atoms with Gasteiger partial charge in [-0.05, 0) is 50.5 Å². The normalized spacial score (nSPS) is 27.2. The third kappa shape index (κ3) is 7.76. The van der Waals surface area contributed by atoms with Crippen LogP contribution in [0, 0.1) is 11.8 Å². The van der Waals surface area contributed by atoms with Gasteiger partial charge in [0.05, 0.1) is 37.2 Å². The molecule has 4 heterocycles. The Morgan fingerprint density at radius 3 is 2.55 bits per heavy atom. The first-order valence-corrected chi connectivity index (χ1v) is 22.6. The molecule has 5 atom stereocenters. The summed E-state index contributed by atoms with van der Waals surface area (Å²) >= 11 is 1.46. The molecule has 0 spiro atoms. The first-order chi connectivity index (χ1) is 27.7. The zero-order chi connectivity index (χ0) is 41.0. The molecule has 2 aliphatic heterocycles. The highest BCUT2D eigenvalue weighted by atomic mass is 32.2. The SMILES string of the molecule is C=C[C@@H]1C[C@]1(NC(=O)[C@@H]1C[C@@H]2CN1C(=O)[C@H](C1CCCCC1)Nc1nc(cs1)C(C)(C)CC=Cc1cc3c(cc(OC)nc3cc1OC)O2)C(=O)NS(=O)(=O)C1CC1. The monoisotopic (exact) mass is 832 g/mol. The number of fused-ring (bicyclic) bond motifs is 5. The first-order valence-electron chi connectivity index (χ1n) is 20.2. The summed E-state index contributed by atoms with van der Waals surface area (Å²) in [4.78, 5) is 54.7. The number of hydrogen-bond acceptors (Lipinski definition) is 12. The van der Waals surface area contributed by atoms with Crippen molar-refractivity contribution in [2.24, 2.45) is 11.8 Å². The topological polar surface area (TPSA) is 178 Å². The summed E-state index contributed by atoms with van der Waals surface area (Å²) in [5.74, 6) is -0.702. The molecular weight excluding hydrogens is 781 g/mol. The second-order valence-electron chi connectivity index (χ2n) is 17.0. The van der Waals surface area contributed by atoms with Gasteiger partial charge in [0, 0.05) is 46.2 Å². The molecule has 1 aromatic carbocycles. The third-order valence-electron chi connectivity index (χ3n) is 12.5. The van der Waals surface area contributed by atoms with E-state index in [1.165, 1.54) is 18.4 Å². The number of thiazole rings is 1. The van der Waals surface area contributed by atoms with E-state index in [0.29, 0.717) is 52.7 Å². The number of benzene rings is 1. The summed E-state index contributed by atoms with van der Waals surface area (Å²) < 4.78 is 46.1. The highest BCUT2D eigenvalue weighted by Gasteiger charge is 2.62. The van der Waals surface area contributed by atoms with Crippen molar-refractivity contribution in [3.05, 3.63) is 53.6 Å². The molecule has 310 valence electrons. The van der Waals surface area contributed by atoms with E-state index >= 15 is 4.79 Å². The van der Waals surface area contributed by atoms with Crippen molar-refractivity contribution in [3.63, 3.8) is 0 Å². The number of anilines is 1. The Balaban J connectivity index is 1.20. The summed E-state index contributed by atoms with van der Waals surface area (Å²) in [6, 6.07) is 3.78. The summed E-state index contributed by atoms with van der Waals surface area (Å²) in [5, 5.41) is 9.18. The standard InChI is InChI=1S/C42H52N6O8S2/c1-6-26-21-42(26,39(51)47-58(52,53)28-14-15-28)46-37(49)31-18-27-22-48(31)38(50)36(24-11-8-7-9-12-24)45-40-44-34(23-57-40)41(2,3)16-10-13-25-17-29-30(19-32(25)54-4)43-35(55-5)20-33(29)56-27/h6,10,13,17,19-20,23-24,26-28,31,36H,1,7-9,11-12,14-16,18,21-22H2,2-5H3,(H,44,45)(H,46,49)(H,47,51)/t26-,27-,31+,36+,42-/m1/s1. The summed E-state index contributed by atoms with van der Waals surface area (Å²) in [7, 11) is -0.754. The Kier molecular flexibility index (Phi) is 10.7. The van der Waals surface area contributed by atoms with Crippen LogP contribution in [-0.2, 0) is 29.8 Å². The van der Waals surface area contributed by atoms with Gasteiger partial charge in [-0.15, -0.1) is 17.9 Å². The largest absolute Gasteiger partial charge is 0.496 e. The molecule has 0 unspecified atom stereocenters. The predicted octanol–water partition coefficient (Wildman–Crippen LogP) is 5.48. The Hall–Kier alpha value is -4.70. The van der Waals surface area contributed by atoms with Gasteiger partial charge < -0.3 is 29.7 Å². The van der Waals surface area contributed by atoms with Crippen LogP contribution in [0.5, 0.6) is 17.4 Å². The average molecular weight is 833 g/mol. The van der Waals surface area contributed by atoms with E-state index < -0.39 is 56.7 Å². The average Bonchev–Trinajstić information content (AvgIpc) is 4.09. The lowest BCUT2D eigenvalue weighted by Crippen LogP contribution is -2.58. The summed E-state index contributed by atoms with van der Waals surface area (Å²) in [5.41, 5.74) is 0.434. The van der Waals surface area contributed by atoms with Crippen LogP contribution in [-0.4, -0.2) is 90.7 Å². The van der Waals surface area contributed by atoms with Crippen LogP contribution in [0.15, 0.2) is 42.3 Å². The van der Waals surface area contributed by atoms with Gasteiger partial charge in [-0.2, -0.15) is 0 Å². The Morgan fingerprint density at radius 2 is 1.86 bits per heavy atom. The predicted molar refractivity (Wildman–Crippen MR) is 221 cm³/mol. The van der Waals surface area contributed by atoms with Crippen molar-refractivity contribution in [2.75, 3.05) is 26.1 Å². The van der Waals surface area contributed by atoms with Gasteiger partial charge >= 0.3 is 0 Å². The highest BCUT2D eigenvalue weighted by Crippen LogP contribution is 2.46. The molecule has 3 N–H and O–H groups in total. The zero-order valence-electron chi connectivity index (χ0n) is 33.4. The van der Waals surface area contributed by atoms with Gasteiger partial charge in [0.15, 0.2) is 5.13 Å². The number of methoxy groups -OCH3 is 2. The van der Waals surface area contributed by atoms with Gasteiger partial charge in [0.2, 0.25) is 27.7 Å². The van der Waals surface area contributed by atoms with Crippen molar-refractivity contribution in [3.8, 4) is 17.4 Å². The second-order valence-corrected chi connectivity index (χ2v) is 19.8. The Labute approximate surface area is 343 Å². The number of hydrogen-bond donors (Lipinski definition) is 3. The van der Waals surface area contributed by atoms with Gasteiger partial charge in [0.25, 0.3) is 5.91 Å². The molecule has 58 heavy (non-hydrogen) atoms. The van der Waals surface area contributed by atoms with Crippen molar-refractivity contribution in [1.29, 1.82) is 0 Å². The Morgan fingerprint density at radius 1 is 1.09 bits per heavy atom. The molecule has 8 rings (SSSR count). The van der Waals surface area contributed by atoms with E-state index in [0.717, 1.165) is 43.4 Å². The molecule has 14 nitrogen and oxygen atoms in total. The third-order valence-corrected chi connectivity index (χ3v) is 15.1. The van der Waals surface area contributed by atoms with E-state index in [4.69, 9.17) is 19.2 Å². The number of sulfonamides is 1. The fraction of sp³-hybridized carbons (Fsp3) is 0.548. The molecule has 0 radical (unpaired) electrons. The Bertz CT molecular complexity index is 2270. The second kappa shape index (κ2) is 15.5. The molecule has 2 aromatic heterocycles. The van der Waals surface area contributed by atoms with Crippen molar-refractivity contribution >= 4 is 61.2 Å². The number of nitrogens with one attached hydrogen (secondary N) is 3. The van der Waals surface area contributed by atoms with Crippen molar-refractivity contribution in [1.82, 2.24) is 24.9 Å². The van der Waals surface area contributed by atoms with Crippen LogP contribution < -0.4 is 29.6 Å². The van der Waals surface area contributed by atoms with E-state index in [1.807, 2.05) is 23.6 Å². The minimum atomic E-state index is -3.88. The highest BCUT2D eigenvalue weighted by molar-refractivity contribution is 7.91. The van der Waals surface area contributed by atoms with Crippen LogP contribution >= 0.6 is 11.3 Å². The summed E-state index contributed by atoms with van der Waals surface area (Å²) in [6.07, 6.45) is 11.7. The first kappa shape index (κ1) is 40.1. The fourth-order valence-corrected chi connectivity index (χ4v) is 11.0. The van der Waals surface area contributed by atoms with Gasteiger partial charge in [-0.25, -0.2) is 18.4 Å². The molecular formula is C42H52N6O8S2. The van der Waals surface area contributed by atoms with Gasteiger partial charge in [-0.1, -0.05) is 51.3 Å². The number of allylic oxidation sites excluding steroid dienone is 1. The number of ether oxygens (including phenoxy) is 3. The van der Waals surface area contributed by atoms with Crippen LogP contribution in [0.2, 0.25) is 0 Å². The van der Waals surface area contributed by atoms with Gasteiger partial charge in [0.1, 0.15) is 35.2 Å². The maximum atomic E-state index is 15.1. The molecule has 1 saturated heterocycles. The van der Waals surface area contributed by atoms with Crippen LogP contribution in [0.4, 0.5) is 5.13 Å². The maximum absolute atomic E-state index is 15.1. The van der Waals surface area contributed by atoms with Crippen LogP contribution in [0.25, 0.3) is 17.0 Å². The molecule has 3 saturated carbocycles. The van der Waals surface area contributed by atoms with Crippen LogP contribution in [0.1, 0.15) is 89.3 Å². The van der Waals surface area contributed by atoms with Crippen LogP contribution in [0.3, 0.4) is 0 Å². The van der Waals surface area contributed by atoms with E-state index in [2.05, 4.69) is 46.8 Å².